The summed E-state index contributed by atoms with van der Waals surface area (Å²) in [4.78, 5) is 7.02. The lowest BCUT2D eigenvalue weighted by atomic mass is 9.93. The molecule has 1 N–H and O–H groups in total. The van der Waals surface area contributed by atoms with Gasteiger partial charge in [-0.05, 0) is 58.8 Å². The van der Waals surface area contributed by atoms with Crippen LogP contribution in [0.5, 0.6) is 0 Å². The molecule has 0 aliphatic carbocycles. The number of rotatable bonds is 5. The number of nitrogens with one attached hydrogen (secondary N) is 1. The van der Waals surface area contributed by atoms with Crippen molar-refractivity contribution in [3.8, 4) is 0 Å². The lowest BCUT2D eigenvalue weighted by molar-refractivity contribution is 0.120. The minimum atomic E-state index is 0. The number of piperidine rings is 1. The lowest BCUT2D eigenvalue weighted by Gasteiger charge is -2.34. The smallest absolute Gasteiger partial charge is 0.211 e. The first kappa shape index (κ1) is 22.7. The Kier molecular flexibility index (Phi) is 9.75. The van der Waals surface area contributed by atoms with Gasteiger partial charge in [-0.2, -0.15) is 0 Å². The summed E-state index contributed by atoms with van der Waals surface area (Å²) in [5.41, 5.74) is 0.0329. The van der Waals surface area contributed by atoms with Crippen LogP contribution in [0.4, 0.5) is 0 Å². The van der Waals surface area contributed by atoms with Gasteiger partial charge >= 0.3 is 0 Å². The molecule has 1 aromatic heterocycles. The van der Waals surface area contributed by atoms with Gasteiger partial charge in [0.15, 0.2) is 0 Å². The van der Waals surface area contributed by atoms with Gasteiger partial charge in [0, 0.05) is 5.41 Å². The third-order valence-corrected chi connectivity index (χ3v) is 4.62. The molecule has 0 bridgehead atoms. The maximum atomic E-state index is 5.99. The van der Waals surface area contributed by atoms with Crippen molar-refractivity contribution in [2.75, 3.05) is 26.7 Å². The van der Waals surface area contributed by atoms with Crippen LogP contribution in [0, 0.1) is 5.92 Å². The van der Waals surface area contributed by atoms with Gasteiger partial charge in [0.2, 0.25) is 5.89 Å². The van der Waals surface area contributed by atoms with Crippen LogP contribution >= 0.6 is 24.8 Å². The number of likely N-dealkylation sites (tertiary alicyclic amines) is 1. The standard InChI is InChI=1S/C17H31N3O.2ClH/c1-13(16-19-12-15(21-16)17(2,3)4)20-10-7-14(8-11-20)6-9-18-5;;/h12-14,18H,6-11H2,1-5H3;2*1H. The first-order valence-corrected chi connectivity index (χ1v) is 8.26. The molecule has 1 atom stereocenters. The molecular formula is C17H33Cl2N3O. The van der Waals surface area contributed by atoms with Gasteiger partial charge in [0.25, 0.3) is 0 Å². The number of nitrogens with zero attached hydrogens (tertiary/aromatic N) is 2. The summed E-state index contributed by atoms with van der Waals surface area (Å²) in [7, 11) is 2.03. The second-order valence-corrected chi connectivity index (χ2v) is 7.36. The number of aromatic nitrogens is 1. The molecule has 1 aromatic rings. The van der Waals surface area contributed by atoms with Crippen molar-refractivity contribution < 1.29 is 4.42 Å². The molecule has 2 rings (SSSR count). The summed E-state index contributed by atoms with van der Waals surface area (Å²) < 4.78 is 5.99. The topological polar surface area (TPSA) is 41.3 Å². The SMILES string of the molecule is CNCCC1CCN(C(C)c2ncc(C(C)(C)C)o2)CC1.Cl.Cl. The molecule has 0 saturated carbocycles. The van der Waals surface area contributed by atoms with Crippen LogP contribution in [0.1, 0.15) is 64.7 Å². The normalized spacial score (nSPS) is 18.1. The average Bonchev–Trinajstić information content (AvgIpc) is 2.95. The lowest BCUT2D eigenvalue weighted by Crippen LogP contribution is -2.36. The Morgan fingerprint density at radius 2 is 1.91 bits per heavy atom. The summed E-state index contributed by atoms with van der Waals surface area (Å²) in [6.45, 7) is 12.1. The Morgan fingerprint density at radius 3 is 2.39 bits per heavy atom. The fourth-order valence-electron chi connectivity index (χ4n) is 2.96. The monoisotopic (exact) mass is 365 g/mol. The van der Waals surface area contributed by atoms with Gasteiger partial charge in [-0.25, -0.2) is 4.98 Å². The molecule has 1 saturated heterocycles. The summed E-state index contributed by atoms with van der Waals surface area (Å²) in [5, 5.41) is 3.25. The third kappa shape index (κ3) is 6.26. The van der Waals surface area contributed by atoms with Crippen molar-refractivity contribution in [1.29, 1.82) is 0 Å². The molecular weight excluding hydrogens is 333 g/mol. The van der Waals surface area contributed by atoms with E-state index < -0.39 is 0 Å². The first-order chi connectivity index (χ1) is 9.91. The Morgan fingerprint density at radius 1 is 1.30 bits per heavy atom. The molecule has 0 aromatic carbocycles. The van der Waals surface area contributed by atoms with Crippen LogP contribution < -0.4 is 5.32 Å². The summed E-state index contributed by atoms with van der Waals surface area (Å²) >= 11 is 0. The van der Waals surface area contributed by atoms with E-state index in [0.717, 1.165) is 37.2 Å². The summed E-state index contributed by atoms with van der Waals surface area (Å²) in [5.74, 6) is 2.72. The molecule has 1 aliphatic rings. The van der Waals surface area contributed by atoms with Crippen molar-refractivity contribution in [3.63, 3.8) is 0 Å². The first-order valence-electron chi connectivity index (χ1n) is 8.26. The molecule has 23 heavy (non-hydrogen) atoms. The van der Waals surface area contributed by atoms with Crippen molar-refractivity contribution in [3.05, 3.63) is 17.8 Å². The molecule has 4 nitrogen and oxygen atoms in total. The predicted molar refractivity (Wildman–Crippen MR) is 101 cm³/mol. The zero-order valence-electron chi connectivity index (χ0n) is 15.1. The number of hydrogen-bond donors (Lipinski definition) is 1. The van der Waals surface area contributed by atoms with Crippen LogP contribution in [0.25, 0.3) is 0 Å². The van der Waals surface area contributed by atoms with E-state index in [4.69, 9.17) is 4.42 Å². The molecule has 136 valence electrons. The molecule has 1 fully saturated rings. The number of oxazole rings is 1. The van der Waals surface area contributed by atoms with Crippen molar-refractivity contribution >= 4 is 24.8 Å². The quantitative estimate of drug-likeness (QED) is 0.848. The fourth-order valence-corrected chi connectivity index (χ4v) is 2.96. The minimum Gasteiger partial charge on any atom is -0.443 e. The highest BCUT2D eigenvalue weighted by atomic mass is 35.5. The van der Waals surface area contributed by atoms with E-state index in [1.54, 1.807) is 0 Å². The largest absolute Gasteiger partial charge is 0.443 e. The van der Waals surface area contributed by atoms with E-state index >= 15 is 0 Å². The second kappa shape index (κ2) is 9.87. The maximum Gasteiger partial charge on any atom is 0.211 e. The molecule has 1 unspecified atom stereocenters. The van der Waals surface area contributed by atoms with E-state index in [9.17, 15) is 0 Å². The van der Waals surface area contributed by atoms with Gasteiger partial charge in [0.05, 0.1) is 12.2 Å². The second-order valence-electron chi connectivity index (χ2n) is 7.36. The van der Waals surface area contributed by atoms with Gasteiger partial charge in [-0.1, -0.05) is 20.8 Å². The molecule has 0 radical (unpaired) electrons. The average molecular weight is 366 g/mol. The summed E-state index contributed by atoms with van der Waals surface area (Å²) in [6.07, 6.45) is 5.77. The van der Waals surface area contributed by atoms with Gasteiger partial charge in [-0.3, -0.25) is 4.90 Å². The van der Waals surface area contributed by atoms with Crippen LogP contribution in [0.15, 0.2) is 10.6 Å². The zero-order valence-corrected chi connectivity index (χ0v) is 16.7. The molecule has 6 heteroatoms. The Balaban J connectivity index is 0.00000242. The van der Waals surface area contributed by atoms with E-state index in [0.29, 0.717) is 0 Å². The Hall–Kier alpha value is -0.290. The van der Waals surface area contributed by atoms with E-state index in [-0.39, 0.29) is 36.3 Å². The van der Waals surface area contributed by atoms with Crippen LogP contribution in [-0.2, 0) is 5.41 Å². The van der Waals surface area contributed by atoms with Gasteiger partial charge in [-0.15, -0.1) is 24.8 Å². The highest BCUT2D eigenvalue weighted by molar-refractivity contribution is 5.85. The highest BCUT2D eigenvalue weighted by Gasteiger charge is 2.27. The van der Waals surface area contributed by atoms with Crippen molar-refractivity contribution in [2.24, 2.45) is 5.92 Å². The minimum absolute atomic E-state index is 0. The number of halogens is 2. The zero-order chi connectivity index (χ0) is 15.5. The predicted octanol–water partition coefficient (Wildman–Crippen LogP) is 4.20. The highest BCUT2D eigenvalue weighted by Crippen LogP contribution is 2.30. The number of hydrogen-bond acceptors (Lipinski definition) is 4. The van der Waals surface area contributed by atoms with Crippen molar-refractivity contribution in [1.82, 2.24) is 15.2 Å². The Labute approximate surface area is 153 Å². The fraction of sp³-hybridized carbons (Fsp3) is 0.824. The maximum absolute atomic E-state index is 5.99. The van der Waals surface area contributed by atoms with Crippen molar-refractivity contribution in [2.45, 2.75) is 58.4 Å². The van der Waals surface area contributed by atoms with E-state index in [1.165, 1.54) is 19.3 Å². The van der Waals surface area contributed by atoms with Gasteiger partial charge in [0.1, 0.15) is 5.76 Å². The van der Waals surface area contributed by atoms with E-state index in [2.05, 4.69) is 42.9 Å². The molecule has 2 heterocycles. The molecule has 0 amide bonds. The molecule has 0 spiro atoms. The van der Waals surface area contributed by atoms with Crippen LogP contribution in [-0.4, -0.2) is 36.6 Å². The third-order valence-electron chi connectivity index (χ3n) is 4.62. The summed E-state index contributed by atoms with van der Waals surface area (Å²) in [6, 6.07) is 0.284. The van der Waals surface area contributed by atoms with Crippen LogP contribution in [0.3, 0.4) is 0 Å². The van der Waals surface area contributed by atoms with Crippen LogP contribution in [0.2, 0.25) is 0 Å². The molecule has 1 aliphatic heterocycles. The Bertz CT molecular complexity index is 437. The van der Waals surface area contributed by atoms with Gasteiger partial charge < -0.3 is 9.73 Å². The van der Waals surface area contributed by atoms with E-state index in [1.807, 2.05) is 13.2 Å².